The summed E-state index contributed by atoms with van der Waals surface area (Å²) in [6.07, 6.45) is -6.07. The van der Waals surface area contributed by atoms with E-state index in [1.165, 1.54) is 18.5 Å². The number of nitrogens with zero attached hydrogens (tertiary/aromatic N) is 5. The first kappa shape index (κ1) is 16.9. The molecule has 0 amide bonds. The molecule has 0 saturated heterocycles. The third-order valence-corrected chi connectivity index (χ3v) is 3.11. The second-order valence-electron chi connectivity index (χ2n) is 4.86. The maximum atomic E-state index is 12.9. The standard InChI is InChI=1S/C14H7F6N5/c15-13(16,17)9-4-8(5-10(6-9)14(18,19)20)11-7-23-25(24-11)12-21-2-1-3-22-12/h1-7H. The number of benzene rings is 1. The Labute approximate surface area is 136 Å². The number of halogens is 6. The molecule has 0 fully saturated rings. The van der Waals surface area contributed by atoms with Crippen molar-refractivity contribution in [2.75, 3.05) is 0 Å². The molecule has 0 aliphatic carbocycles. The van der Waals surface area contributed by atoms with Crippen molar-refractivity contribution in [2.45, 2.75) is 12.4 Å². The molecule has 0 unspecified atom stereocenters. The molecule has 2 aromatic heterocycles. The highest BCUT2D eigenvalue weighted by Crippen LogP contribution is 2.38. The minimum absolute atomic E-state index is 0.0248. The molecular weight excluding hydrogens is 352 g/mol. The van der Waals surface area contributed by atoms with E-state index in [0.717, 1.165) is 11.0 Å². The predicted molar refractivity (Wildman–Crippen MR) is 72.4 cm³/mol. The van der Waals surface area contributed by atoms with Crippen LogP contribution in [0.1, 0.15) is 11.1 Å². The van der Waals surface area contributed by atoms with Gasteiger partial charge in [0.25, 0.3) is 5.95 Å². The summed E-state index contributed by atoms with van der Waals surface area (Å²) in [5.74, 6) is 0.0248. The van der Waals surface area contributed by atoms with Crippen LogP contribution < -0.4 is 0 Å². The van der Waals surface area contributed by atoms with Crippen LogP contribution in [0.5, 0.6) is 0 Å². The van der Waals surface area contributed by atoms with E-state index in [1.54, 1.807) is 0 Å². The average molecular weight is 359 g/mol. The van der Waals surface area contributed by atoms with Crippen LogP contribution in [-0.4, -0.2) is 25.0 Å². The maximum absolute atomic E-state index is 12.9. The topological polar surface area (TPSA) is 56.5 Å². The molecule has 3 rings (SSSR count). The van der Waals surface area contributed by atoms with Crippen LogP contribution >= 0.6 is 0 Å². The highest BCUT2D eigenvalue weighted by Gasteiger charge is 2.37. The van der Waals surface area contributed by atoms with Crippen LogP contribution in [0.4, 0.5) is 26.3 Å². The minimum Gasteiger partial charge on any atom is -0.218 e. The largest absolute Gasteiger partial charge is 0.416 e. The van der Waals surface area contributed by atoms with Crippen molar-refractivity contribution in [1.82, 2.24) is 25.0 Å². The maximum Gasteiger partial charge on any atom is 0.416 e. The van der Waals surface area contributed by atoms with Crippen LogP contribution in [0, 0.1) is 0 Å². The fourth-order valence-electron chi connectivity index (χ4n) is 1.99. The molecule has 0 saturated carbocycles. The molecule has 0 radical (unpaired) electrons. The second kappa shape index (κ2) is 5.83. The Morgan fingerprint density at radius 1 is 0.800 bits per heavy atom. The zero-order chi connectivity index (χ0) is 18.2. The molecule has 0 aliphatic heterocycles. The van der Waals surface area contributed by atoms with E-state index >= 15 is 0 Å². The molecule has 0 spiro atoms. The van der Waals surface area contributed by atoms with Crippen molar-refractivity contribution in [3.05, 3.63) is 54.0 Å². The lowest BCUT2D eigenvalue weighted by Crippen LogP contribution is -2.11. The van der Waals surface area contributed by atoms with E-state index in [0.29, 0.717) is 12.1 Å². The van der Waals surface area contributed by atoms with Crippen molar-refractivity contribution < 1.29 is 26.3 Å². The highest BCUT2D eigenvalue weighted by atomic mass is 19.4. The van der Waals surface area contributed by atoms with E-state index in [-0.39, 0.29) is 23.3 Å². The molecule has 1 aromatic carbocycles. The van der Waals surface area contributed by atoms with E-state index in [4.69, 9.17) is 0 Å². The summed E-state index contributed by atoms with van der Waals surface area (Å²) < 4.78 is 77.4. The van der Waals surface area contributed by atoms with Crippen LogP contribution in [0.25, 0.3) is 17.2 Å². The molecule has 11 heteroatoms. The lowest BCUT2D eigenvalue weighted by molar-refractivity contribution is -0.143. The second-order valence-corrected chi connectivity index (χ2v) is 4.86. The number of alkyl halides is 6. The van der Waals surface area contributed by atoms with Gasteiger partial charge in [0.15, 0.2) is 0 Å². The van der Waals surface area contributed by atoms with Gasteiger partial charge in [-0.05, 0) is 24.3 Å². The van der Waals surface area contributed by atoms with Crippen LogP contribution in [0.2, 0.25) is 0 Å². The number of rotatable bonds is 2. The molecule has 0 aliphatic rings. The van der Waals surface area contributed by atoms with Crippen molar-refractivity contribution in [3.63, 3.8) is 0 Å². The van der Waals surface area contributed by atoms with E-state index < -0.39 is 23.5 Å². The van der Waals surface area contributed by atoms with Gasteiger partial charge < -0.3 is 0 Å². The van der Waals surface area contributed by atoms with Crippen LogP contribution in [0.15, 0.2) is 42.9 Å². The molecular formula is C14H7F6N5. The summed E-state index contributed by atoms with van der Waals surface area (Å²) >= 11 is 0. The van der Waals surface area contributed by atoms with Gasteiger partial charge in [-0.15, -0.1) is 9.90 Å². The zero-order valence-electron chi connectivity index (χ0n) is 12.0. The molecule has 0 bridgehead atoms. The summed E-state index contributed by atoms with van der Waals surface area (Å²) in [6.45, 7) is 0. The van der Waals surface area contributed by atoms with Gasteiger partial charge >= 0.3 is 12.4 Å². The molecule has 130 valence electrons. The summed E-state index contributed by atoms with van der Waals surface area (Å²) in [5, 5.41) is 7.61. The van der Waals surface area contributed by atoms with Crippen molar-refractivity contribution in [3.8, 4) is 17.2 Å². The molecule has 0 N–H and O–H groups in total. The predicted octanol–water partition coefficient (Wildman–Crippen LogP) is 3.76. The Kier molecular flexibility index (Phi) is 3.93. The molecule has 5 nitrogen and oxygen atoms in total. The van der Waals surface area contributed by atoms with Gasteiger partial charge in [-0.2, -0.15) is 31.4 Å². The van der Waals surface area contributed by atoms with Crippen LogP contribution in [-0.2, 0) is 12.4 Å². The highest BCUT2D eigenvalue weighted by molar-refractivity contribution is 5.61. The quantitative estimate of drug-likeness (QED) is 0.654. The van der Waals surface area contributed by atoms with E-state index in [1.807, 2.05) is 0 Å². The average Bonchev–Trinajstić information content (AvgIpc) is 3.04. The van der Waals surface area contributed by atoms with Gasteiger partial charge in [0.2, 0.25) is 0 Å². The van der Waals surface area contributed by atoms with Crippen molar-refractivity contribution in [2.24, 2.45) is 0 Å². The zero-order valence-corrected chi connectivity index (χ0v) is 12.0. The van der Waals surface area contributed by atoms with E-state index in [2.05, 4.69) is 20.2 Å². The van der Waals surface area contributed by atoms with Gasteiger partial charge in [0.1, 0.15) is 5.69 Å². The lowest BCUT2D eigenvalue weighted by atomic mass is 10.0. The molecule has 0 atom stereocenters. The molecule has 25 heavy (non-hydrogen) atoms. The van der Waals surface area contributed by atoms with Gasteiger partial charge in [0, 0.05) is 18.0 Å². The SMILES string of the molecule is FC(F)(F)c1cc(-c2cnn(-c3ncccn3)n2)cc(C(F)(F)F)c1. The van der Waals surface area contributed by atoms with Gasteiger partial charge in [0.05, 0.1) is 17.3 Å². The Balaban J connectivity index is 2.09. The molecule has 3 aromatic rings. The Hall–Kier alpha value is -2.98. The third-order valence-electron chi connectivity index (χ3n) is 3.11. The Morgan fingerprint density at radius 2 is 1.36 bits per heavy atom. The summed E-state index contributed by atoms with van der Waals surface area (Å²) in [7, 11) is 0. The first-order valence-electron chi connectivity index (χ1n) is 6.64. The number of hydrogen-bond donors (Lipinski definition) is 0. The van der Waals surface area contributed by atoms with Gasteiger partial charge in [-0.3, -0.25) is 0 Å². The smallest absolute Gasteiger partial charge is 0.218 e. The monoisotopic (exact) mass is 359 g/mol. The fourth-order valence-corrected chi connectivity index (χ4v) is 1.99. The first-order valence-corrected chi connectivity index (χ1v) is 6.64. The number of hydrogen-bond acceptors (Lipinski definition) is 4. The van der Waals surface area contributed by atoms with E-state index in [9.17, 15) is 26.3 Å². The van der Waals surface area contributed by atoms with Crippen molar-refractivity contribution >= 4 is 0 Å². The first-order chi connectivity index (χ1) is 11.6. The summed E-state index contributed by atoms with van der Waals surface area (Å²) in [6, 6.07) is 2.73. The van der Waals surface area contributed by atoms with Gasteiger partial charge in [-0.25, -0.2) is 9.97 Å². The summed E-state index contributed by atoms with van der Waals surface area (Å²) in [4.78, 5) is 8.58. The Bertz CT molecular complexity index is 852. The summed E-state index contributed by atoms with van der Waals surface area (Å²) in [5.41, 5.74) is -3.40. The van der Waals surface area contributed by atoms with Gasteiger partial charge in [-0.1, -0.05) is 0 Å². The fraction of sp³-hybridized carbons (Fsp3) is 0.143. The molecule has 2 heterocycles. The van der Waals surface area contributed by atoms with Crippen molar-refractivity contribution in [1.29, 1.82) is 0 Å². The Morgan fingerprint density at radius 3 is 1.88 bits per heavy atom. The minimum atomic E-state index is -4.94. The van der Waals surface area contributed by atoms with Crippen LogP contribution in [0.3, 0.4) is 0 Å². The lowest BCUT2D eigenvalue weighted by Gasteiger charge is -2.13. The third kappa shape index (κ3) is 3.59. The number of aromatic nitrogens is 5. The normalized spacial score (nSPS) is 12.4.